The highest BCUT2D eigenvalue weighted by molar-refractivity contribution is 9.10. The van der Waals surface area contributed by atoms with E-state index < -0.39 is 5.91 Å². The van der Waals surface area contributed by atoms with Gasteiger partial charge < -0.3 is 18.8 Å². The standard InChI is InChI=1S/C22H31BrN4O5/c1-3-5-6-27-17-12-16(23)19(32-14-20(28)25-24)11-15(17)21(22(29)31-4-2)18(27)13-26-7-9-30-10-8-26/h11-12H,3-10,13-14,24H2,1-2H3,(H,25,28). The zero-order valence-electron chi connectivity index (χ0n) is 18.6. The van der Waals surface area contributed by atoms with Crippen molar-refractivity contribution in [3.8, 4) is 5.75 Å². The van der Waals surface area contributed by atoms with Gasteiger partial charge in [0.25, 0.3) is 5.91 Å². The first-order valence-corrected chi connectivity index (χ1v) is 11.7. The van der Waals surface area contributed by atoms with Gasteiger partial charge in [0.2, 0.25) is 0 Å². The monoisotopic (exact) mass is 510 g/mol. The van der Waals surface area contributed by atoms with Crippen molar-refractivity contribution >= 4 is 38.7 Å². The molecule has 0 bridgehead atoms. The van der Waals surface area contributed by atoms with Gasteiger partial charge in [-0.05, 0) is 41.4 Å². The Morgan fingerprint density at radius 2 is 2.00 bits per heavy atom. The average molecular weight is 511 g/mol. The summed E-state index contributed by atoms with van der Waals surface area (Å²) >= 11 is 3.55. The Morgan fingerprint density at radius 1 is 1.25 bits per heavy atom. The number of benzene rings is 1. The van der Waals surface area contributed by atoms with Crippen LogP contribution in [0.4, 0.5) is 0 Å². The molecule has 176 valence electrons. The number of hydrogen-bond acceptors (Lipinski definition) is 7. The molecule has 32 heavy (non-hydrogen) atoms. The summed E-state index contributed by atoms with van der Waals surface area (Å²) in [6.07, 6.45) is 2.01. The minimum Gasteiger partial charge on any atom is -0.483 e. The molecule has 1 aromatic heterocycles. The lowest BCUT2D eigenvalue weighted by molar-refractivity contribution is -0.123. The Kier molecular flexibility index (Phi) is 8.92. The van der Waals surface area contributed by atoms with Crippen molar-refractivity contribution in [2.75, 3.05) is 39.5 Å². The highest BCUT2D eigenvalue weighted by Gasteiger charge is 2.27. The van der Waals surface area contributed by atoms with Crippen LogP contribution in [0.1, 0.15) is 42.7 Å². The smallest absolute Gasteiger partial charge is 0.340 e. The summed E-state index contributed by atoms with van der Waals surface area (Å²) < 4.78 is 19.5. The lowest BCUT2D eigenvalue weighted by atomic mass is 10.1. The van der Waals surface area contributed by atoms with Gasteiger partial charge >= 0.3 is 5.97 Å². The third kappa shape index (κ3) is 5.61. The second-order valence-electron chi connectivity index (χ2n) is 7.59. The lowest BCUT2D eigenvalue weighted by Crippen LogP contribution is -2.36. The van der Waals surface area contributed by atoms with Crippen LogP contribution in [0.15, 0.2) is 16.6 Å². The molecule has 1 saturated heterocycles. The maximum absolute atomic E-state index is 13.1. The average Bonchev–Trinajstić information content (AvgIpc) is 3.08. The number of unbranched alkanes of at least 4 members (excludes halogenated alkanes) is 1. The molecule has 0 aliphatic carbocycles. The summed E-state index contributed by atoms with van der Waals surface area (Å²) in [7, 11) is 0. The number of hydrogen-bond donors (Lipinski definition) is 2. The molecule has 10 heteroatoms. The van der Waals surface area contributed by atoms with E-state index in [1.165, 1.54) is 0 Å². The predicted octanol–water partition coefficient (Wildman–Crippen LogP) is 2.58. The van der Waals surface area contributed by atoms with E-state index in [1.54, 1.807) is 13.0 Å². The Labute approximate surface area is 196 Å². The summed E-state index contributed by atoms with van der Waals surface area (Å²) in [6, 6.07) is 3.73. The topological polar surface area (TPSA) is 108 Å². The highest BCUT2D eigenvalue weighted by atomic mass is 79.9. The number of halogens is 1. The molecule has 0 radical (unpaired) electrons. The zero-order chi connectivity index (χ0) is 23.1. The van der Waals surface area contributed by atoms with Gasteiger partial charge in [-0.1, -0.05) is 13.3 Å². The molecule has 2 heterocycles. The van der Waals surface area contributed by atoms with Crippen molar-refractivity contribution in [3.63, 3.8) is 0 Å². The summed E-state index contributed by atoms with van der Waals surface area (Å²) in [5, 5.41) is 0.745. The maximum Gasteiger partial charge on any atom is 0.340 e. The fourth-order valence-corrected chi connectivity index (χ4v) is 4.28. The van der Waals surface area contributed by atoms with E-state index in [0.717, 1.165) is 49.1 Å². The number of amides is 1. The third-order valence-corrected chi connectivity index (χ3v) is 6.06. The van der Waals surface area contributed by atoms with E-state index in [4.69, 9.17) is 20.1 Å². The number of nitrogens with one attached hydrogen (secondary N) is 1. The first-order chi connectivity index (χ1) is 15.5. The van der Waals surface area contributed by atoms with E-state index in [9.17, 15) is 9.59 Å². The molecule has 1 aliphatic rings. The first kappa shape index (κ1) is 24.5. The molecule has 0 saturated carbocycles. The second-order valence-corrected chi connectivity index (χ2v) is 8.45. The number of esters is 1. The number of rotatable bonds is 10. The predicted molar refractivity (Wildman–Crippen MR) is 124 cm³/mol. The molecular weight excluding hydrogens is 480 g/mol. The number of carbonyl (C=O) groups is 2. The summed E-state index contributed by atoms with van der Waals surface area (Å²) in [6.45, 7) is 8.38. The minimum atomic E-state index is -0.448. The van der Waals surface area contributed by atoms with Crippen LogP contribution in [-0.2, 0) is 27.4 Å². The Morgan fingerprint density at radius 3 is 2.66 bits per heavy atom. The minimum absolute atomic E-state index is 0.230. The van der Waals surface area contributed by atoms with E-state index in [2.05, 4.69) is 32.3 Å². The fraction of sp³-hybridized carbons (Fsp3) is 0.545. The molecule has 3 rings (SSSR count). The SMILES string of the molecule is CCCCn1c(CN2CCOCC2)c(C(=O)OCC)c2cc(OCC(=O)NN)c(Br)cc21. The zero-order valence-corrected chi connectivity index (χ0v) is 20.2. The molecule has 1 aromatic carbocycles. The van der Waals surface area contributed by atoms with Crippen molar-refractivity contribution in [1.29, 1.82) is 0 Å². The van der Waals surface area contributed by atoms with Crippen molar-refractivity contribution in [1.82, 2.24) is 14.9 Å². The molecule has 0 spiro atoms. The van der Waals surface area contributed by atoms with E-state index in [0.29, 0.717) is 35.5 Å². The molecule has 2 aromatic rings. The first-order valence-electron chi connectivity index (χ1n) is 10.9. The number of hydrazine groups is 1. The third-order valence-electron chi connectivity index (χ3n) is 5.44. The molecule has 9 nitrogen and oxygen atoms in total. The summed E-state index contributed by atoms with van der Waals surface area (Å²) in [4.78, 5) is 26.9. The molecule has 1 amide bonds. The van der Waals surface area contributed by atoms with Crippen LogP contribution in [0.25, 0.3) is 10.9 Å². The number of aromatic nitrogens is 1. The van der Waals surface area contributed by atoms with E-state index in [-0.39, 0.29) is 19.2 Å². The van der Waals surface area contributed by atoms with Gasteiger partial charge in [-0.15, -0.1) is 0 Å². The number of fused-ring (bicyclic) bond motifs is 1. The number of nitrogens with two attached hydrogens (primary N) is 1. The quantitative estimate of drug-likeness (QED) is 0.219. The van der Waals surface area contributed by atoms with Gasteiger partial charge in [-0.3, -0.25) is 15.1 Å². The van der Waals surface area contributed by atoms with Gasteiger partial charge in [0.05, 0.1) is 35.4 Å². The Bertz CT molecular complexity index is 956. The van der Waals surface area contributed by atoms with Gasteiger partial charge in [-0.25, -0.2) is 10.6 Å². The molecule has 3 N–H and O–H groups in total. The van der Waals surface area contributed by atoms with Crippen LogP contribution in [0, 0.1) is 0 Å². The van der Waals surface area contributed by atoms with Crippen LogP contribution in [0.5, 0.6) is 5.75 Å². The molecule has 0 atom stereocenters. The molecule has 1 aliphatic heterocycles. The van der Waals surface area contributed by atoms with Crippen molar-refractivity contribution in [2.45, 2.75) is 39.8 Å². The number of morpholine rings is 1. The van der Waals surface area contributed by atoms with Gasteiger partial charge in [0, 0.05) is 37.3 Å². The van der Waals surface area contributed by atoms with Crippen LogP contribution in [-0.4, -0.2) is 60.9 Å². The van der Waals surface area contributed by atoms with Crippen molar-refractivity contribution < 1.29 is 23.8 Å². The van der Waals surface area contributed by atoms with Gasteiger partial charge in [-0.2, -0.15) is 0 Å². The normalized spacial score (nSPS) is 14.5. The Balaban J connectivity index is 2.13. The van der Waals surface area contributed by atoms with Gasteiger partial charge in [0.1, 0.15) is 5.75 Å². The fourth-order valence-electron chi connectivity index (χ4n) is 3.84. The number of nitrogens with zero attached hydrogens (tertiary/aromatic N) is 2. The Hall–Kier alpha value is -2.14. The van der Waals surface area contributed by atoms with Gasteiger partial charge in [0.15, 0.2) is 6.61 Å². The second kappa shape index (κ2) is 11.6. The lowest BCUT2D eigenvalue weighted by Gasteiger charge is -2.27. The van der Waals surface area contributed by atoms with Crippen LogP contribution < -0.4 is 16.0 Å². The van der Waals surface area contributed by atoms with Crippen LogP contribution in [0.2, 0.25) is 0 Å². The van der Waals surface area contributed by atoms with Crippen LogP contribution >= 0.6 is 15.9 Å². The summed E-state index contributed by atoms with van der Waals surface area (Å²) in [5.41, 5.74) is 4.44. The number of aryl methyl sites for hydroxylation is 1. The highest BCUT2D eigenvalue weighted by Crippen LogP contribution is 2.36. The van der Waals surface area contributed by atoms with E-state index in [1.807, 2.05) is 11.5 Å². The van der Waals surface area contributed by atoms with Crippen molar-refractivity contribution in [2.24, 2.45) is 5.84 Å². The molecular formula is C22H31BrN4O5. The molecule has 1 fully saturated rings. The molecule has 0 unspecified atom stereocenters. The summed E-state index contributed by atoms with van der Waals surface area (Å²) in [5.74, 6) is 4.80. The van der Waals surface area contributed by atoms with Crippen LogP contribution in [0.3, 0.4) is 0 Å². The largest absolute Gasteiger partial charge is 0.483 e. The number of ether oxygens (including phenoxy) is 3. The van der Waals surface area contributed by atoms with Crippen molar-refractivity contribution in [3.05, 3.63) is 27.9 Å². The van der Waals surface area contributed by atoms with E-state index >= 15 is 0 Å². The maximum atomic E-state index is 13.1. The number of carbonyl (C=O) groups excluding carboxylic acids is 2.